The highest BCUT2D eigenvalue weighted by Crippen LogP contribution is 2.36. The average molecular weight is 576 g/mol. The number of ether oxygens (including phenoxy) is 2. The Hall–Kier alpha value is -0.830. The molecule has 1 aliphatic rings. The van der Waals surface area contributed by atoms with E-state index in [0.717, 1.165) is 61.9 Å². The molecule has 1 atom stereocenters. The number of unbranched alkanes of at least 4 members (excludes halogenated alkanes) is 9. The molecule has 2 heterocycles. The maximum absolute atomic E-state index is 10.5. The topological polar surface area (TPSA) is 84.9 Å². The van der Waals surface area contributed by atoms with Gasteiger partial charge >= 0.3 is 0 Å². The van der Waals surface area contributed by atoms with E-state index < -0.39 is 10.1 Å². The zero-order valence-electron chi connectivity index (χ0n) is 24.7. The second-order valence-electron chi connectivity index (χ2n) is 11.6. The second-order valence-corrected chi connectivity index (χ2v) is 13.9. The highest BCUT2D eigenvalue weighted by Gasteiger charge is 2.21. The molecule has 0 radical (unpaired) electrons. The largest absolute Gasteiger partial charge is 0.485 e. The predicted molar refractivity (Wildman–Crippen MR) is 162 cm³/mol. The molecular weight excluding hydrogens is 518 g/mol. The Labute approximate surface area is 238 Å². The number of rotatable bonds is 21. The van der Waals surface area contributed by atoms with Crippen LogP contribution in [0.15, 0.2) is 10.8 Å². The average Bonchev–Trinajstić information content (AvgIpc) is 3.31. The molecular formula is C30H57NO5S2. The lowest BCUT2D eigenvalue weighted by Crippen LogP contribution is -2.28. The normalized spacial score (nSPS) is 15.1. The molecule has 0 fully saturated rings. The minimum absolute atomic E-state index is 0.122. The van der Waals surface area contributed by atoms with Crippen LogP contribution in [0.2, 0.25) is 0 Å². The van der Waals surface area contributed by atoms with Crippen LogP contribution in [0.1, 0.15) is 124 Å². The van der Waals surface area contributed by atoms with Gasteiger partial charge in [-0.2, -0.15) is 8.42 Å². The first-order valence-electron chi connectivity index (χ1n) is 15.2. The van der Waals surface area contributed by atoms with E-state index in [1.165, 1.54) is 64.5 Å². The van der Waals surface area contributed by atoms with E-state index in [1.807, 2.05) is 10.8 Å². The van der Waals surface area contributed by atoms with Gasteiger partial charge in [0, 0.05) is 10.8 Å². The van der Waals surface area contributed by atoms with Crippen molar-refractivity contribution in [2.75, 3.05) is 25.4 Å². The molecule has 1 unspecified atom stereocenters. The van der Waals surface area contributed by atoms with E-state index in [2.05, 4.69) is 33.0 Å². The fraction of sp³-hybridized carbons (Fsp3) is 0.867. The van der Waals surface area contributed by atoms with Crippen molar-refractivity contribution in [2.45, 2.75) is 130 Å². The van der Waals surface area contributed by atoms with E-state index in [9.17, 15) is 8.42 Å². The van der Waals surface area contributed by atoms with E-state index in [0.29, 0.717) is 13.0 Å². The molecule has 8 heteroatoms. The fourth-order valence-electron chi connectivity index (χ4n) is 4.45. The van der Waals surface area contributed by atoms with Gasteiger partial charge in [0.05, 0.1) is 5.75 Å². The Balaban J connectivity index is 0.000000391. The van der Waals surface area contributed by atoms with Crippen molar-refractivity contribution in [3.63, 3.8) is 0 Å². The summed E-state index contributed by atoms with van der Waals surface area (Å²) in [6.07, 6.45) is 18.0. The van der Waals surface area contributed by atoms with Crippen LogP contribution in [0.5, 0.6) is 11.5 Å². The molecule has 2 N–H and O–H groups in total. The van der Waals surface area contributed by atoms with Gasteiger partial charge in [0.2, 0.25) is 0 Å². The molecule has 1 aromatic rings. The number of thiophene rings is 1. The maximum atomic E-state index is 10.5. The SMILES string of the molecule is CC(C)CCCCCNCCCCCC(C)C.O=S(=O)(O)CCCCCCCCC1COc2cscc2O1. The summed E-state index contributed by atoms with van der Waals surface area (Å²) in [5.41, 5.74) is 0. The molecule has 0 bridgehead atoms. The molecule has 1 aliphatic heterocycles. The lowest BCUT2D eigenvalue weighted by molar-refractivity contribution is 0.0842. The first-order valence-corrected chi connectivity index (χ1v) is 17.7. The van der Waals surface area contributed by atoms with Crippen molar-refractivity contribution in [3.05, 3.63) is 10.8 Å². The van der Waals surface area contributed by atoms with Crippen LogP contribution in [0, 0.1) is 11.8 Å². The molecule has 0 aromatic carbocycles. The third kappa shape index (κ3) is 21.0. The van der Waals surface area contributed by atoms with Gasteiger partial charge in [-0.25, -0.2) is 0 Å². The van der Waals surface area contributed by atoms with Gasteiger partial charge in [0.15, 0.2) is 11.5 Å². The molecule has 0 aliphatic carbocycles. The van der Waals surface area contributed by atoms with Crippen LogP contribution in [0.3, 0.4) is 0 Å². The van der Waals surface area contributed by atoms with Crippen molar-refractivity contribution >= 4 is 21.5 Å². The Kier molecular flexibility index (Phi) is 20.3. The Morgan fingerprint density at radius 3 is 1.92 bits per heavy atom. The Morgan fingerprint density at radius 2 is 1.34 bits per heavy atom. The van der Waals surface area contributed by atoms with Crippen molar-refractivity contribution in [1.29, 1.82) is 0 Å². The second kappa shape index (κ2) is 21.9. The minimum Gasteiger partial charge on any atom is -0.485 e. The van der Waals surface area contributed by atoms with E-state index in [1.54, 1.807) is 11.3 Å². The van der Waals surface area contributed by atoms with Crippen LogP contribution in [-0.4, -0.2) is 44.5 Å². The van der Waals surface area contributed by atoms with E-state index in [4.69, 9.17) is 14.0 Å². The van der Waals surface area contributed by atoms with Gasteiger partial charge in [0.1, 0.15) is 12.7 Å². The lowest BCUT2D eigenvalue weighted by atomic mass is 10.1. The van der Waals surface area contributed by atoms with Crippen LogP contribution in [-0.2, 0) is 10.1 Å². The predicted octanol–water partition coefficient (Wildman–Crippen LogP) is 8.52. The first kappa shape index (κ1) is 35.2. The van der Waals surface area contributed by atoms with Crippen molar-refractivity contribution in [2.24, 2.45) is 11.8 Å². The number of hydrogen-bond donors (Lipinski definition) is 2. The van der Waals surface area contributed by atoms with E-state index in [-0.39, 0.29) is 11.9 Å². The van der Waals surface area contributed by atoms with Crippen LogP contribution >= 0.6 is 11.3 Å². The minimum atomic E-state index is -3.79. The quantitative estimate of drug-likeness (QED) is 0.113. The summed E-state index contributed by atoms with van der Waals surface area (Å²) >= 11 is 1.59. The summed E-state index contributed by atoms with van der Waals surface area (Å²) in [6, 6.07) is 0. The third-order valence-corrected chi connectivity index (χ3v) is 8.26. The van der Waals surface area contributed by atoms with Gasteiger partial charge in [-0.1, -0.05) is 91.9 Å². The van der Waals surface area contributed by atoms with Crippen LogP contribution in [0.25, 0.3) is 0 Å². The molecule has 0 amide bonds. The van der Waals surface area contributed by atoms with Gasteiger partial charge < -0.3 is 14.8 Å². The standard InChI is InChI=1S/C16H35N.C14H22O5S2/c1-15(2)11-7-5-9-13-17-14-10-6-8-12-16(3)4;15-21(16,17)8-6-4-2-1-3-5-7-12-9-18-13-10-20-11-14(13)19-12/h15-17H,5-14H2,1-4H3;10-12H,1-9H2,(H,15,16,17). The van der Waals surface area contributed by atoms with Gasteiger partial charge in [-0.15, -0.1) is 11.3 Å². The molecule has 0 saturated carbocycles. The molecule has 38 heavy (non-hydrogen) atoms. The third-order valence-electron chi connectivity index (χ3n) is 6.76. The summed E-state index contributed by atoms with van der Waals surface area (Å²) < 4.78 is 41.2. The molecule has 0 spiro atoms. The monoisotopic (exact) mass is 575 g/mol. The maximum Gasteiger partial charge on any atom is 0.264 e. The zero-order valence-corrected chi connectivity index (χ0v) is 26.4. The van der Waals surface area contributed by atoms with Crippen LogP contribution < -0.4 is 14.8 Å². The van der Waals surface area contributed by atoms with Crippen molar-refractivity contribution in [1.82, 2.24) is 5.32 Å². The molecule has 0 saturated heterocycles. The molecule has 1 aromatic heterocycles. The molecule has 224 valence electrons. The fourth-order valence-corrected chi connectivity index (χ4v) is 5.69. The smallest absolute Gasteiger partial charge is 0.264 e. The van der Waals surface area contributed by atoms with Crippen molar-refractivity contribution in [3.8, 4) is 11.5 Å². The summed E-state index contributed by atoms with van der Waals surface area (Å²) in [5.74, 6) is 3.35. The zero-order chi connectivity index (χ0) is 28.1. The first-order chi connectivity index (χ1) is 18.2. The van der Waals surface area contributed by atoms with Crippen LogP contribution in [0.4, 0.5) is 0 Å². The Bertz CT molecular complexity index is 763. The lowest BCUT2D eigenvalue weighted by Gasteiger charge is -2.24. The summed E-state index contributed by atoms with van der Waals surface area (Å²) in [7, 11) is -3.79. The highest BCUT2D eigenvalue weighted by molar-refractivity contribution is 7.85. The van der Waals surface area contributed by atoms with Gasteiger partial charge in [-0.05, 0) is 57.0 Å². The number of fused-ring (bicyclic) bond motifs is 1. The van der Waals surface area contributed by atoms with Gasteiger partial charge in [0.25, 0.3) is 10.1 Å². The summed E-state index contributed by atoms with van der Waals surface area (Å²) in [4.78, 5) is 0. The molecule has 2 rings (SSSR count). The number of nitrogens with one attached hydrogen (secondary N) is 1. The summed E-state index contributed by atoms with van der Waals surface area (Å²) in [6.45, 7) is 12.3. The van der Waals surface area contributed by atoms with Gasteiger partial charge in [-0.3, -0.25) is 4.55 Å². The molecule has 6 nitrogen and oxygen atoms in total. The Morgan fingerprint density at radius 1 is 0.816 bits per heavy atom. The van der Waals surface area contributed by atoms with E-state index >= 15 is 0 Å². The number of hydrogen-bond acceptors (Lipinski definition) is 6. The highest BCUT2D eigenvalue weighted by atomic mass is 32.2. The summed E-state index contributed by atoms with van der Waals surface area (Å²) in [5, 5.41) is 7.49. The van der Waals surface area contributed by atoms with Crippen molar-refractivity contribution < 1.29 is 22.4 Å².